The number of hydrogen-bond donors (Lipinski definition) is 2. The van der Waals surface area contributed by atoms with E-state index in [1.165, 1.54) is 6.42 Å². The molecular formula is C17H21ClN2O2. The second kappa shape index (κ2) is 5.43. The van der Waals surface area contributed by atoms with Gasteiger partial charge in [0.1, 0.15) is 5.75 Å². The molecule has 1 aliphatic heterocycles. The fraction of sp³-hybridized carbons (Fsp3) is 0.588. The third-order valence-corrected chi connectivity index (χ3v) is 5.92. The molecule has 2 saturated carbocycles. The summed E-state index contributed by atoms with van der Waals surface area (Å²) in [5, 5.41) is 3.81. The van der Waals surface area contributed by atoms with Crippen LogP contribution in [0.15, 0.2) is 18.2 Å². The minimum Gasteiger partial charge on any atom is -0.492 e. The van der Waals surface area contributed by atoms with E-state index in [9.17, 15) is 4.79 Å². The van der Waals surface area contributed by atoms with E-state index in [4.69, 9.17) is 22.1 Å². The molecule has 4 rings (SSSR count). The van der Waals surface area contributed by atoms with E-state index < -0.39 is 0 Å². The average Bonchev–Trinajstić information content (AvgIpc) is 3.09. The number of nitrogens with one attached hydrogen (secondary N) is 1. The number of fused-ring (bicyclic) bond motifs is 3. The molecular weight excluding hydrogens is 300 g/mol. The van der Waals surface area contributed by atoms with E-state index in [-0.39, 0.29) is 23.9 Å². The molecule has 3 aliphatic rings. The van der Waals surface area contributed by atoms with Crippen LogP contribution in [0.3, 0.4) is 0 Å². The maximum absolute atomic E-state index is 12.7. The minimum absolute atomic E-state index is 0.0239. The van der Waals surface area contributed by atoms with Crippen molar-refractivity contribution in [1.29, 1.82) is 0 Å². The van der Waals surface area contributed by atoms with Gasteiger partial charge in [0.25, 0.3) is 0 Å². The van der Waals surface area contributed by atoms with Crippen LogP contribution in [-0.4, -0.2) is 18.6 Å². The third kappa shape index (κ3) is 2.20. The first-order valence-corrected chi connectivity index (χ1v) is 8.50. The second-order valence-corrected chi connectivity index (χ2v) is 7.20. The Bertz CT molecular complexity index is 604. The van der Waals surface area contributed by atoms with Crippen molar-refractivity contribution >= 4 is 17.5 Å². The molecule has 0 aromatic heterocycles. The number of nitrogens with two attached hydrogens (primary N) is 1. The second-order valence-electron chi connectivity index (χ2n) is 6.79. The number of carbonyl (C=O) groups excluding carboxylic acids is 1. The Morgan fingerprint density at radius 3 is 2.86 bits per heavy atom. The number of benzene rings is 1. The molecule has 2 aliphatic carbocycles. The van der Waals surface area contributed by atoms with Crippen LogP contribution in [0.5, 0.6) is 5.75 Å². The van der Waals surface area contributed by atoms with Crippen molar-refractivity contribution in [3.05, 3.63) is 28.8 Å². The van der Waals surface area contributed by atoms with Crippen LogP contribution in [0.4, 0.5) is 0 Å². The Balaban J connectivity index is 1.53. The van der Waals surface area contributed by atoms with Gasteiger partial charge in [0.2, 0.25) is 5.91 Å². The minimum atomic E-state index is -0.0266. The molecule has 4 nitrogen and oxygen atoms in total. The van der Waals surface area contributed by atoms with E-state index in [0.29, 0.717) is 29.2 Å². The van der Waals surface area contributed by atoms with Gasteiger partial charge in [-0.3, -0.25) is 4.79 Å². The summed E-state index contributed by atoms with van der Waals surface area (Å²) in [6.07, 6.45) is 4.22. The maximum atomic E-state index is 12.7. The Morgan fingerprint density at radius 1 is 1.27 bits per heavy atom. The topological polar surface area (TPSA) is 64.4 Å². The van der Waals surface area contributed by atoms with Crippen LogP contribution in [0.1, 0.15) is 37.3 Å². The highest BCUT2D eigenvalue weighted by molar-refractivity contribution is 6.32. The predicted molar refractivity (Wildman–Crippen MR) is 84.7 cm³/mol. The fourth-order valence-corrected chi connectivity index (χ4v) is 4.77. The van der Waals surface area contributed by atoms with Crippen LogP contribution in [-0.2, 0) is 4.79 Å². The summed E-state index contributed by atoms with van der Waals surface area (Å²) in [5.74, 6) is 1.80. The molecule has 0 radical (unpaired) electrons. The normalized spacial score (nSPS) is 35.8. The number of halogens is 1. The quantitative estimate of drug-likeness (QED) is 0.880. The van der Waals surface area contributed by atoms with Crippen LogP contribution in [0, 0.1) is 17.8 Å². The summed E-state index contributed by atoms with van der Waals surface area (Å²) in [4.78, 5) is 12.7. The SMILES string of the molecule is NC1C2CCC(C2)C1C(=O)NC1CCOc2c(Cl)cccc21. The van der Waals surface area contributed by atoms with Crippen molar-refractivity contribution in [2.45, 2.75) is 37.8 Å². The zero-order valence-electron chi connectivity index (χ0n) is 12.4. The van der Waals surface area contributed by atoms with Gasteiger partial charge < -0.3 is 15.8 Å². The standard InChI is InChI=1S/C17H21ClN2O2/c18-12-3-1-2-11-13(6-7-22-16(11)12)20-17(21)14-9-4-5-10(8-9)15(14)19/h1-3,9-10,13-15H,4-8,19H2,(H,20,21). The zero-order chi connectivity index (χ0) is 15.3. The van der Waals surface area contributed by atoms with Crippen LogP contribution in [0.2, 0.25) is 5.02 Å². The largest absolute Gasteiger partial charge is 0.492 e. The molecule has 5 unspecified atom stereocenters. The Morgan fingerprint density at radius 2 is 2.09 bits per heavy atom. The van der Waals surface area contributed by atoms with E-state index in [1.807, 2.05) is 18.2 Å². The molecule has 3 N–H and O–H groups in total. The van der Waals surface area contributed by atoms with E-state index in [1.54, 1.807) is 0 Å². The molecule has 0 saturated heterocycles. The van der Waals surface area contributed by atoms with E-state index in [0.717, 1.165) is 24.8 Å². The molecule has 1 aromatic carbocycles. The third-order valence-electron chi connectivity index (χ3n) is 5.63. The summed E-state index contributed by atoms with van der Waals surface area (Å²) in [6, 6.07) is 5.69. The van der Waals surface area contributed by atoms with Crippen LogP contribution in [0.25, 0.3) is 0 Å². The zero-order valence-corrected chi connectivity index (χ0v) is 13.2. The van der Waals surface area contributed by atoms with Crippen LogP contribution < -0.4 is 15.8 Å². The first-order chi connectivity index (χ1) is 10.6. The lowest BCUT2D eigenvalue weighted by Crippen LogP contribution is -2.46. The summed E-state index contributed by atoms with van der Waals surface area (Å²) in [7, 11) is 0. The summed E-state index contributed by atoms with van der Waals surface area (Å²) in [5.41, 5.74) is 7.26. The number of amides is 1. The maximum Gasteiger partial charge on any atom is 0.225 e. The number of carbonyl (C=O) groups is 1. The number of hydrogen-bond acceptors (Lipinski definition) is 3. The summed E-state index contributed by atoms with van der Waals surface area (Å²) >= 11 is 6.19. The van der Waals surface area contributed by atoms with Gasteiger partial charge in [-0.1, -0.05) is 23.7 Å². The Labute approximate surface area is 135 Å². The summed E-state index contributed by atoms with van der Waals surface area (Å²) in [6.45, 7) is 0.574. The van der Waals surface area contributed by atoms with Crippen molar-refractivity contribution in [1.82, 2.24) is 5.32 Å². The Hall–Kier alpha value is -1.26. The lowest BCUT2D eigenvalue weighted by atomic mass is 9.84. The van der Waals surface area contributed by atoms with Gasteiger partial charge in [-0.25, -0.2) is 0 Å². The number of para-hydroxylation sites is 1. The fourth-order valence-electron chi connectivity index (χ4n) is 4.53. The lowest BCUT2D eigenvalue weighted by Gasteiger charge is -2.31. The molecule has 2 fully saturated rings. The predicted octanol–water partition coefficient (Wildman–Crippen LogP) is 2.65. The van der Waals surface area contributed by atoms with Crippen LogP contribution >= 0.6 is 11.6 Å². The van der Waals surface area contributed by atoms with Crippen molar-refractivity contribution in [3.8, 4) is 5.75 Å². The van der Waals surface area contributed by atoms with Gasteiger partial charge >= 0.3 is 0 Å². The first-order valence-electron chi connectivity index (χ1n) is 8.12. The van der Waals surface area contributed by atoms with Gasteiger partial charge in [0.05, 0.1) is 23.6 Å². The van der Waals surface area contributed by atoms with Crippen molar-refractivity contribution in [2.75, 3.05) is 6.61 Å². The molecule has 5 heteroatoms. The van der Waals surface area contributed by atoms with Crippen molar-refractivity contribution < 1.29 is 9.53 Å². The molecule has 1 heterocycles. The highest BCUT2D eigenvalue weighted by Crippen LogP contribution is 2.48. The number of rotatable bonds is 2. The van der Waals surface area contributed by atoms with Gasteiger partial charge in [0, 0.05) is 18.0 Å². The van der Waals surface area contributed by atoms with Gasteiger partial charge in [-0.05, 0) is 37.2 Å². The molecule has 5 atom stereocenters. The molecule has 1 aromatic rings. The van der Waals surface area contributed by atoms with E-state index >= 15 is 0 Å². The lowest BCUT2D eigenvalue weighted by molar-refractivity contribution is -0.128. The highest BCUT2D eigenvalue weighted by atomic mass is 35.5. The van der Waals surface area contributed by atoms with E-state index in [2.05, 4.69) is 5.32 Å². The summed E-state index contributed by atoms with van der Waals surface area (Å²) < 4.78 is 5.65. The van der Waals surface area contributed by atoms with Gasteiger partial charge in [0.15, 0.2) is 0 Å². The average molecular weight is 321 g/mol. The molecule has 22 heavy (non-hydrogen) atoms. The Kier molecular flexibility index (Phi) is 3.54. The smallest absolute Gasteiger partial charge is 0.225 e. The van der Waals surface area contributed by atoms with Gasteiger partial charge in [-0.2, -0.15) is 0 Å². The highest BCUT2D eigenvalue weighted by Gasteiger charge is 2.49. The molecule has 118 valence electrons. The monoisotopic (exact) mass is 320 g/mol. The molecule has 2 bridgehead atoms. The molecule has 0 spiro atoms. The van der Waals surface area contributed by atoms with Crippen molar-refractivity contribution in [2.24, 2.45) is 23.5 Å². The number of ether oxygens (including phenoxy) is 1. The molecule has 1 amide bonds. The van der Waals surface area contributed by atoms with Crippen molar-refractivity contribution in [3.63, 3.8) is 0 Å². The first kappa shape index (κ1) is 14.3. The van der Waals surface area contributed by atoms with Gasteiger partial charge in [-0.15, -0.1) is 0 Å².